The molecular weight excluding hydrogens is 419 g/mol. The molecule has 30 heavy (non-hydrogen) atoms. The van der Waals surface area contributed by atoms with Gasteiger partial charge >= 0.3 is 6.03 Å². The van der Waals surface area contributed by atoms with E-state index in [4.69, 9.17) is 23.2 Å². The van der Waals surface area contributed by atoms with Crippen LogP contribution >= 0.6 is 23.2 Å². The van der Waals surface area contributed by atoms with E-state index >= 15 is 0 Å². The van der Waals surface area contributed by atoms with E-state index in [2.05, 4.69) is 16.7 Å². The number of rotatable bonds is 4. The highest BCUT2D eigenvalue weighted by Crippen LogP contribution is 2.31. The summed E-state index contributed by atoms with van der Waals surface area (Å²) in [5.41, 5.74) is 5.78. The number of aliphatic hydroxyl groups is 1. The fourth-order valence-electron chi connectivity index (χ4n) is 3.76. The van der Waals surface area contributed by atoms with E-state index in [1.807, 2.05) is 42.5 Å². The molecule has 3 aromatic rings. The fraction of sp³-hybridized carbons (Fsp3) is 0.208. The van der Waals surface area contributed by atoms with Gasteiger partial charge in [0, 0.05) is 34.3 Å². The highest BCUT2D eigenvalue weighted by molar-refractivity contribution is 6.35. The lowest BCUT2D eigenvalue weighted by molar-refractivity contribution is 0.159. The van der Waals surface area contributed by atoms with Crippen molar-refractivity contribution in [2.24, 2.45) is 0 Å². The molecule has 3 aromatic carbocycles. The molecule has 1 atom stereocenters. The molecule has 4 rings (SSSR count). The molecule has 0 spiro atoms. The molecule has 1 aliphatic carbocycles. The lowest BCUT2D eigenvalue weighted by Gasteiger charge is -2.23. The normalized spacial score (nSPS) is 15.4. The average molecular weight is 441 g/mol. The van der Waals surface area contributed by atoms with Gasteiger partial charge in [0.2, 0.25) is 0 Å². The summed E-state index contributed by atoms with van der Waals surface area (Å²) in [4.78, 5) is 12.4. The first kappa shape index (κ1) is 20.7. The van der Waals surface area contributed by atoms with E-state index in [1.165, 1.54) is 5.56 Å². The third-order valence-electron chi connectivity index (χ3n) is 5.35. The number of carbonyl (C=O) groups is 1. The van der Waals surface area contributed by atoms with Crippen LogP contribution in [0.15, 0.2) is 60.7 Å². The second kappa shape index (κ2) is 9.09. The van der Waals surface area contributed by atoms with Crippen LogP contribution in [0.1, 0.15) is 23.1 Å². The summed E-state index contributed by atoms with van der Waals surface area (Å²) in [6, 6.07) is 18.8. The number of nitrogens with one attached hydrogen (secondary N) is 2. The van der Waals surface area contributed by atoms with E-state index in [0.717, 1.165) is 40.8 Å². The number of hydrogen-bond donors (Lipinski definition) is 3. The van der Waals surface area contributed by atoms with Gasteiger partial charge < -0.3 is 15.7 Å². The molecule has 2 amide bonds. The topological polar surface area (TPSA) is 61.4 Å². The maximum absolute atomic E-state index is 12.4. The largest absolute Gasteiger partial charge is 0.393 e. The maximum Gasteiger partial charge on any atom is 0.319 e. The first-order valence-corrected chi connectivity index (χ1v) is 10.6. The Hall–Kier alpha value is -2.53. The van der Waals surface area contributed by atoms with Gasteiger partial charge in [0.15, 0.2) is 0 Å². The second-order valence-electron chi connectivity index (χ2n) is 7.47. The van der Waals surface area contributed by atoms with Crippen molar-refractivity contribution in [1.82, 2.24) is 5.32 Å². The molecule has 0 fully saturated rings. The summed E-state index contributed by atoms with van der Waals surface area (Å²) in [6.07, 6.45) is 1.81. The van der Waals surface area contributed by atoms with Crippen LogP contribution in [-0.4, -0.2) is 17.2 Å². The first-order valence-electron chi connectivity index (χ1n) is 9.87. The van der Waals surface area contributed by atoms with E-state index in [0.29, 0.717) is 23.0 Å². The van der Waals surface area contributed by atoms with Gasteiger partial charge in [-0.05, 0) is 59.4 Å². The van der Waals surface area contributed by atoms with Crippen molar-refractivity contribution >= 4 is 34.9 Å². The van der Waals surface area contributed by atoms with Crippen LogP contribution in [0, 0.1) is 0 Å². The monoisotopic (exact) mass is 440 g/mol. The highest BCUT2D eigenvalue weighted by Gasteiger charge is 2.19. The van der Waals surface area contributed by atoms with Crippen LogP contribution in [-0.2, 0) is 19.4 Å². The molecule has 0 aromatic heterocycles. The Morgan fingerprint density at radius 2 is 1.87 bits per heavy atom. The summed E-state index contributed by atoms with van der Waals surface area (Å²) in [5.74, 6) is 0. The second-order valence-corrected chi connectivity index (χ2v) is 8.31. The van der Waals surface area contributed by atoms with Crippen LogP contribution in [0.5, 0.6) is 0 Å². The van der Waals surface area contributed by atoms with E-state index in [1.54, 1.807) is 12.1 Å². The Morgan fingerprint density at radius 3 is 2.67 bits per heavy atom. The number of amides is 2. The Kier molecular flexibility index (Phi) is 6.28. The Bertz CT molecular complexity index is 1070. The zero-order chi connectivity index (χ0) is 21.1. The molecule has 0 bridgehead atoms. The number of aliphatic hydroxyl groups excluding tert-OH is 1. The predicted octanol–water partition coefficient (Wildman–Crippen LogP) is 5.83. The molecule has 4 nitrogen and oxygen atoms in total. The van der Waals surface area contributed by atoms with Crippen molar-refractivity contribution in [2.45, 2.75) is 31.9 Å². The standard InChI is InChI=1S/C24H22Cl2N2O2/c25-18-9-11-22(26)20(12-18)17-6-4-15(5-7-17)14-27-24(30)28-23-3-1-2-16-8-10-19(29)13-21(16)23/h1-7,9,11-12,19,29H,8,10,13-14H2,(H2,27,28,30). The van der Waals surface area contributed by atoms with Crippen LogP contribution in [0.25, 0.3) is 11.1 Å². The molecule has 0 heterocycles. The number of urea groups is 1. The molecule has 154 valence electrons. The molecule has 0 aliphatic heterocycles. The highest BCUT2D eigenvalue weighted by atomic mass is 35.5. The van der Waals surface area contributed by atoms with Crippen molar-refractivity contribution in [2.75, 3.05) is 5.32 Å². The van der Waals surface area contributed by atoms with Gasteiger partial charge in [-0.2, -0.15) is 0 Å². The molecule has 1 unspecified atom stereocenters. The molecule has 0 saturated heterocycles. The number of benzene rings is 3. The van der Waals surface area contributed by atoms with E-state index < -0.39 is 0 Å². The van der Waals surface area contributed by atoms with Gasteiger partial charge in [-0.3, -0.25) is 0 Å². The van der Waals surface area contributed by atoms with Crippen molar-refractivity contribution in [3.8, 4) is 11.1 Å². The predicted molar refractivity (Wildman–Crippen MR) is 122 cm³/mol. The molecule has 1 aliphatic rings. The number of anilines is 1. The molecule has 6 heteroatoms. The number of carbonyl (C=O) groups excluding carboxylic acids is 1. The molecule has 0 radical (unpaired) electrons. The number of fused-ring (bicyclic) bond motifs is 1. The van der Waals surface area contributed by atoms with Gasteiger partial charge in [0.1, 0.15) is 0 Å². The zero-order valence-corrected chi connectivity index (χ0v) is 17.8. The Labute approximate surface area is 185 Å². The van der Waals surface area contributed by atoms with E-state index in [-0.39, 0.29) is 12.1 Å². The lowest BCUT2D eigenvalue weighted by atomic mass is 9.88. The average Bonchev–Trinajstić information content (AvgIpc) is 2.75. The number of halogens is 2. The van der Waals surface area contributed by atoms with Gasteiger partial charge in [0.25, 0.3) is 0 Å². The Morgan fingerprint density at radius 1 is 1.07 bits per heavy atom. The van der Waals surface area contributed by atoms with Crippen LogP contribution in [0.3, 0.4) is 0 Å². The SMILES string of the molecule is O=C(NCc1ccc(-c2cc(Cl)ccc2Cl)cc1)Nc1cccc2c1CC(O)CC2. The van der Waals surface area contributed by atoms with Crippen molar-refractivity contribution in [3.05, 3.63) is 87.4 Å². The summed E-state index contributed by atoms with van der Waals surface area (Å²) in [5, 5.41) is 17.0. The molecule has 3 N–H and O–H groups in total. The smallest absolute Gasteiger partial charge is 0.319 e. The van der Waals surface area contributed by atoms with Gasteiger partial charge in [0.05, 0.1) is 6.10 Å². The summed E-state index contributed by atoms with van der Waals surface area (Å²) in [7, 11) is 0. The number of aryl methyl sites for hydroxylation is 1. The quantitative estimate of drug-likeness (QED) is 0.477. The third-order valence-corrected chi connectivity index (χ3v) is 5.92. The fourth-order valence-corrected chi connectivity index (χ4v) is 4.16. The minimum atomic E-state index is -0.352. The molecule has 0 saturated carbocycles. The van der Waals surface area contributed by atoms with Crippen LogP contribution in [0.4, 0.5) is 10.5 Å². The zero-order valence-electron chi connectivity index (χ0n) is 16.3. The minimum absolute atomic E-state index is 0.273. The summed E-state index contributed by atoms with van der Waals surface area (Å²) >= 11 is 12.3. The van der Waals surface area contributed by atoms with Crippen molar-refractivity contribution < 1.29 is 9.90 Å². The Balaban J connectivity index is 1.38. The maximum atomic E-state index is 12.4. The van der Waals surface area contributed by atoms with Crippen molar-refractivity contribution in [1.29, 1.82) is 0 Å². The van der Waals surface area contributed by atoms with Crippen LogP contribution in [0.2, 0.25) is 10.0 Å². The number of hydrogen-bond acceptors (Lipinski definition) is 2. The van der Waals surface area contributed by atoms with Gasteiger partial charge in [-0.25, -0.2) is 4.79 Å². The minimum Gasteiger partial charge on any atom is -0.393 e. The summed E-state index contributed by atoms with van der Waals surface area (Å²) < 4.78 is 0. The van der Waals surface area contributed by atoms with E-state index in [9.17, 15) is 9.90 Å². The molecular formula is C24H22Cl2N2O2. The summed E-state index contributed by atoms with van der Waals surface area (Å²) in [6.45, 7) is 0.396. The van der Waals surface area contributed by atoms with Crippen LogP contribution < -0.4 is 10.6 Å². The third kappa shape index (κ3) is 4.78. The van der Waals surface area contributed by atoms with Crippen molar-refractivity contribution in [3.63, 3.8) is 0 Å². The lowest BCUT2D eigenvalue weighted by Crippen LogP contribution is -2.29. The van der Waals surface area contributed by atoms with Gasteiger partial charge in [-0.1, -0.05) is 59.6 Å². The van der Waals surface area contributed by atoms with Gasteiger partial charge in [-0.15, -0.1) is 0 Å². The first-order chi connectivity index (χ1) is 14.5.